The summed E-state index contributed by atoms with van der Waals surface area (Å²) in [5.41, 5.74) is 0. The molecular formula is C10H19FO. The molecule has 0 aromatic rings. The van der Waals surface area contributed by atoms with Crippen molar-refractivity contribution in [2.45, 2.75) is 32.1 Å². The van der Waals surface area contributed by atoms with Crippen molar-refractivity contribution in [2.24, 2.45) is 11.8 Å². The molecule has 0 N–H and O–H groups in total. The lowest BCUT2D eigenvalue weighted by Gasteiger charge is -2.27. The van der Waals surface area contributed by atoms with Crippen LogP contribution >= 0.6 is 0 Å². The van der Waals surface area contributed by atoms with Crippen LogP contribution in [0, 0.1) is 11.8 Å². The van der Waals surface area contributed by atoms with E-state index in [4.69, 9.17) is 4.74 Å². The SMILES string of the molecule is COCC1CCC(CCF)CC1. The largest absolute Gasteiger partial charge is 0.384 e. The fraction of sp³-hybridized carbons (Fsp3) is 1.00. The van der Waals surface area contributed by atoms with Gasteiger partial charge in [-0.25, -0.2) is 0 Å². The first kappa shape index (κ1) is 9.97. The fourth-order valence-corrected chi connectivity index (χ4v) is 2.08. The lowest BCUT2D eigenvalue weighted by atomic mass is 9.81. The van der Waals surface area contributed by atoms with E-state index in [9.17, 15) is 4.39 Å². The number of rotatable bonds is 4. The van der Waals surface area contributed by atoms with Crippen LogP contribution in [0.2, 0.25) is 0 Å². The van der Waals surface area contributed by atoms with Crippen molar-refractivity contribution in [3.8, 4) is 0 Å². The van der Waals surface area contributed by atoms with E-state index in [0.29, 0.717) is 5.92 Å². The monoisotopic (exact) mass is 174 g/mol. The first-order valence-corrected chi connectivity index (χ1v) is 4.91. The maximum Gasteiger partial charge on any atom is 0.0897 e. The third kappa shape index (κ3) is 3.10. The van der Waals surface area contributed by atoms with Gasteiger partial charge in [-0.3, -0.25) is 4.39 Å². The number of ether oxygens (including phenoxy) is 1. The van der Waals surface area contributed by atoms with Gasteiger partial charge in [-0.1, -0.05) is 12.8 Å². The third-order valence-electron chi connectivity index (χ3n) is 2.89. The topological polar surface area (TPSA) is 9.23 Å². The summed E-state index contributed by atoms with van der Waals surface area (Å²) in [6.45, 7) is 0.752. The van der Waals surface area contributed by atoms with E-state index in [1.807, 2.05) is 0 Å². The smallest absolute Gasteiger partial charge is 0.0897 e. The van der Waals surface area contributed by atoms with Crippen LogP contribution in [0.4, 0.5) is 4.39 Å². The van der Waals surface area contributed by atoms with Gasteiger partial charge in [-0.15, -0.1) is 0 Å². The average Bonchev–Trinajstić information content (AvgIpc) is 2.09. The number of halogens is 1. The van der Waals surface area contributed by atoms with Crippen LogP contribution < -0.4 is 0 Å². The predicted octanol–water partition coefficient (Wildman–Crippen LogP) is 2.80. The summed E-state index contributed by atoms with van der Waals surface area (Å²) < 4.78 is 17.1. The van der Waals surface area contributed by atoms with E-state index < -0.39 is 0 Å². The van der Waals surface area contributed by atoms with E-state index in [0.717, 1.165) is 18.9 Å². The second-order valence-electron chi connectivity index (χ2n) is 3.82. The molecule has 1 aliphatic rings. The van der Waals surface area contributed by atoms with Crippen molar-refractivity contribution in [2.75, 3.05) is 20.4 Å². The van der Waals surface area contributed by atoms with Crippen LogP contribution in [0.3, 0.4) is 0 Å². The van der Waals surface area contributed by atoms with Gasteiger partial charge in [0, 0.05) is 13.7 Å². The summed E-state index contributed by atoms with van der Waals surface area (Å²) in [5, 5.41) is 0. The minimum Gasteiger partial charge on any atom is -0.384 e. The molecule has 1 rings (SSSR count). The molecule has 0 bridgehead atoms. The summed E-state index contributed by atoms with van der Waals surface area (Å²) in [6.07, 6.45) is 5.66. The Hall–Kier alpha value is -0.110. The quantitative estimate of drug-likeness (QED) is 0.636. The molecule has 1 saturated carbocycles. The second-order valence-corrected chi connectivity index (χ2v) is 3.82. The van der Waals surface area contributed by atoms with Gasteiger partial charge >= 0.3 is 0 Å². The molecule has 1 nitrogen and oxygen atoms in total. The molecule has 0 atom stereocenters. The van der Waals surface area contributed by atoms with E-state index in [1.54, 1.807) is 7.11 Å². The molecule has 0 aliphatic heterocycles. The molecule has 72 valence electrons. The van der Waals surface area contributed by atoms with Crippen LogP contribution in [0.15, 0.2) is 0 Å². The predicted molar refractivity (Wildman–Crippen MR) is 47.9 cm³/mol. The van der Waals surface area contributed by atoms with Crippen LogP contribution in [0.5, 0.6) is 0 Å². The highest BCUT2D eigenvalue weighted by atomic mass is 19.1. The fourth-order valence-electron chi connectivity index (χ4n) is 2.08. The van der Waals surface area contributed by atoms with Gasteiger partial charge in [0.2, 0.25) is 0 Å². The zero-order chi connectivity index (χ0) is 8.81. The third-order valence-corrected chi connectivity index (χ3v) is 2.89. The summed E-state index contributed by atoms with van der Waals surface area (Å²) in [6, 6.07) is 0. The highest BCUT2D eigenvalue weighted by molar-refractivity contribution is 4.71. The zero-order valence-electron chi connectivity index (χ0n) is 7.89. The molecule has 12 heavy (non-hydrogen) atoms. The Morgan fingerprint density at radius 3 is 2.25 bits per heavy atom. The first-order valence-electron chi connectivity index (χ1n) is 4.91. The molecular weight excluding hydrogens is 155 g/mol. The minimum absolute atomic E-state index is 0.139. The Morgan fingerprint density at radius 2 is 1.75 bits per heavy atom. The molecule has 2 heteroatoms. The molecule has 0 aromatic heterocycles. The van der Waals surface area contributed by atoms with Crippen LogP contribution in [-0.4, -0.2) is 20.4 Å². The van der Waals surface area contributed by atoms with Gasteiger partial charge in [0.05, 0.1) is 6.67 Å². The van der Waals surface area contributed by atoms with E-state index in [1.165, 1.54) is 25.7 Å². The van der Waals surface area contributed by atoms with Gasteiger partial charge in [0.15, 0.2) is 0 Å². The number of hydrogen-bond acceptors (Lipinski definition) is 1. The number of alkyl halides is 1. The van der Waals surface area contributed by atoms with E-state index >= 15 is 0 Å². The Labute approximate surface area is 74.3 Å². The Kier molecular flexibility index (Phi) is 4.59. The lowest BCUT2D eigenvalue weighted by Crippen LogP contribution is -2.18. The van der Waals surface area contributed by atoms with E-state index in [-0.39, 0.29) is 6.67 Å². The first-order chi connectivity index (χ1) is 5.86. The Morgan fingerprint density at radius 1 is 1.17 bits per heavy atom. The Balaban J connectivity index is 2.11. The highest BCUT2D eigenvalue weighted by Gasteiger charge is 2.20. The van der Waals surface area contributed by atoms with Crippen molar-refractivity contribution >= 4 is 0 Å². The maximum absolute atomic E-state index is 12.0. The highest BCUT2D eigenvalue weighted by Crippen LogP contribution is 2.30. The van der Waals surface area contributed by atoms with Gasteiger partial charge in [0.25, 0.3) is 0 Å². The number of methoxy groups -OCH3 is 1. The molecule has 0 amide bonds. The van der Waals surface area contributed by atoms with Gasteiger partial charge in [-0.2, -0.15) is 0 Å². The van der Waals surface area contributed by atoms with Gasteiger partial charge in [0.1, 0.15) is 0 Å². The molecule has 0 saturated heterocycles. The van der Waals surface area contributed by atoms with Crippen molar-refractivity contribution in [3.63, 3.8) is 0 Å². The van der Waals surface area contributed by atoms with Crippen molar-refractivity contribution in [3.05, 3.63) is 0 Å². The standard InChI is InChI=1S/C10H19FO/c1-12-8-10-4-2-9(3-5-10)6-7-11/h9-10H,2-8H2,1H3. The van der Waals surface area contributed by atoms with Crippen LogP contribution in [0.1, 0.15) is 32.1 Å². The van der Waals surface area contributed by atoms with Crippen molar-refractivity contribution in [1.29, 1.82) is 0 Å². The van der Waals surface area contributed by atoms with Crippen molar-refractivity contribution < 1.29 is 9.13 Å². The molecule has 0 heterocycles. The molecule has 0 aromatic carbocycles. The molecule has 0 unspecified atom stereocenters. The minimum atomic E-state index is -0.139. The van der Waals surface area contributed by atoms with E-state index in [2.05, 4.69) is 0 Å². The maximum atomic E-state index is 12.0. The average molecular weight is 174 g/mol. The summed E-state index contributed by atoms with van der Waals surface area (Å²) in [7, 11) is 1.76. The normalized spacial score (nSPS) is 30.5. The lowest BCUT2D eigenvalue weighted by molar-refractivity contribution is 0.116. The molecule has 1 fully saturated rings. The van der Waals surface area contributed by atoms with Crippen LogP contribution in [-0.2, 0) is 4.74 Å². The second kappa shape index (κ2) is 5.52. The molecule has 0 spiro atoms. The molecule has 0 radical (unpaired) electrons. The van der Waals surface area contributed by atoms with Gasteiger partial charge in [-0.05, 0) is 31.1 Å². The molecule has 1 aliphatic carbocycles. The summed E-state index contributed by atoms with van der Waals surface area (Å²) >= 11 is 0. The van der Waals surface area contributed by atoms with Gasteiger partial charge < -0.3 is 4.74 Å². The summed E-state index contributed by atoms with van der Waals surface area (Å²) in [4.78, 5) is 0. The van der Waals surface area contributed by atoms with Crippen LogP contribution in [0.25, 0.3) is 0 Å². The summed E-state index contributed by atoms with van der Waals surface area (Å²) in [5.74, 6) is 1.40. The van der Waals surface area contributed by atoms with Crippen molar-refractivity contribution in [1.82, 2.24) is 0 Å². The zero-order valence-corrected chi connectivity index (χ0v) is 7.89. The number of hydrogen-bond donors (Lipinski definition) is 0. The Bertz CT molecular complexity index is 94.4.